The molecule has 0 unspecified atom stereocenters. The van der Waals surface area contributed by atoms with Gasteiger partial charge in [0.2, 0.25) is 0 Å². The minimum absolute atomic E-state index is 0.137. The van der Waals surface area contributed by atoms with Crippen LogP contribution in [0.25, 0.3) is 0 Å². The van der Waals surface area contributed by atoms with Gasteiger partial charge in [0.1, 0.15) is 5.69 Å². The van der Waals surface area contributed by atoms with E-state index in [4.69, 9.17) is 4.98 Å². The monoisotopic (exact) mass is 443 g/mol. The lowest BCUT2D eigenvalue weighted by Gasteiger charge is -2.15. The van der Waals surface area contributed by atoms with Crippen LogP contribution in [0.5, 0.6) is 0 Å². The van der Waals surface area contributed by atoms with Crippen molar-refractivity contribution in [3.63, 3.8) is 0 Å². The van der Waals surface area contributed by atoms with Crippen molar-refractivity contribution < 1.29 is 4.79 Å². The highest BCUT2D eigenvalue weighted by atomic mass is 32.1. The third-order valence-corrected chi connectivity index (χ3v) is 6.62. The summed E-state index contributed by atoms with van der Waals surface area (Å²) in [6.45, 7) is 3.67. The number of anilines is 1. The summed E-state index contributed by atoms with van der Waals surface area (Å²) < 4.78 is 1.94. The molecule has 1 N–H and O–H groups in total. The Labute approximate surface area is 191 Å². The van der Waals surface area contributed by atoms with Crippen molar-refractivity contribution in [2.45, 2.75) is 25.4 Å². The highest BCUT2D eigenvalue weighted by molar-refractivity contribution is 7.14. The molecular formula is C25H25N5OS. The Morgan fingerprint density at radius 3 is 2.69 bits per heavy atom. The van der Waals surface area contributed by atoms with Gasteiger partial charge in [0.15, 0.2) is 5.13 Å². The fraction of sp³-hybridized carbons (Fsp3) is 0.240. The van der Waals surface area contributed by atoms with Crippen molar-refractivity contribution in [3.05, 3.63) is 101 Å². The summed E-state index contributed by atoms with van der Waals surface area (Å²) in [7, 11) is 0. The predicted molar refractivity (Wildman–Crippen MR) is 127 cm³/mol. The number of aromatic nitrogens is 3. The molecule has 4 heterocycles. The molecule has 0 bridgehead atoms. The van der Waals surface area contributed by atoms with Gasteiger partial charge in [0.25, 0.3) is 5.91 Å². The second-order valence-corrected chi connectivity index (χ2v) is 8.97. The number of nitrogens with one attached hydrogen (secondary N) is 1. The summed E-state index contributed by atoms with van der Waals surface area (Å²) >= 11 is 1.50. The average molecular weight is 444 g/mol. The minimum atomic E-state index is -0.137. The van der Waals surface area contributed by atoms with Crippen LogP contribution in [0.2, 0.25) is 0 Å². The molecule has 1 aromatic carbocycles. The number of benzene rings is 1. The van der Waals surface area contributed by atoms with Crippen LogP contribution in [0.15, 0.2) is 78.6 Å². The van der Waals surface area contributed by atoms with Gasteiger partial charge in [-0.1, -0.05) is 30.3 Å². The number of carbonyl (C=O) groups excluding carboxylic acids is 1. The summed E-state index contributed by atoms with van der Waals surface area (Å²) in [4.78, 5) is 24.2. The Morgan fingerprint density at radius 1 is 1.03 bits per heavy atom. The van der Waals surface area contributed by atoms with Crippen LogP contribution in [0.4, 0.5) is 5.13 Å². The van der Waals surface area contributed by atoms with Gasteiger partial charge in [0.05, 0.1) is 5.69 Å². The number of hydrogen-bond acceptors (Lipinski definition) is 5. The van der Waals surface area contributed by atoms with Gasteiger partial charge < -0.3 is 4.57 Å². The molecule has 1 saturated heterocycles. The van der Waals surface area contributed by atoms with Crippen molar-refractivity contribution in [1.29, 1.82) is 0 Å². The lowest BCUT2D eigenvalue weighted by atomic mass is 10.1. The topological polar surface area (TPSA) is 63.1 Å². The molecular weight excluding hydrogens is 418 g/mol. The standard InChI is InChI=1S/C25H25N5OS/c31-24(23-7-4-13-30(23)16-20-8-11-26-12-9-20)28-25-27-22(18-32-25)21-10-14-29(17-21)15-19-5-2-1-3-6-19/h1-9,11-13,18,21H,10,14-17H2,(H,27,28,31)/t21-/m0/s1. The molecule has 6 nitrogen and oxygen atoms in total. The molecule has 1 aliphatic rings. The van der Waals surface area contributed by atoms with E-state index in [-0.39, 0.29) is 5.91 Å². The van der Waals surface area contributed by atoms with Crippen LogP contribution in [-0.2, 0) is 13.1 Å². The van der Waals surface area contributed by atoms with E-state index in [1.807, 2.05) is 35.0 Å². The molecule has 4 aromatic rings. The van der Waals surface area contributed by atoms with E-state index in [0.29, 0.717) is 23.3 Å². The summed E-state index contributed by atoms with van der Waals surface area (Å²) in [5.74, 6) is 0.276. The Balaban J connectivity index is 1.20. The second kappa shape index (κ2) is 9.46. The molecule has 162 valence electrons. The fourth-order valence-electron chi connectivity index (χ4n) is 4.19. The lowest BCUT2D eigenvalue weighted by Crippen LogP contribution is -2.19. The number of thiazole rings is 1. The quantitative estimate of drug-likeness (QED) is 0.452. The highest BCUT2D eigenvalue weighted by Crippen LogP contribution is 2.30. The molecule has 1 fully saturated rings. The first-order chi connectivity index (χ1) is 15.7. The van der Waals surface area contributed by atoms with Crippen molar-refractivity contribution in [3.8, 4) is 0 Å². The zero-order valence-corrected chi connectivity index (χ0v) is 18.5. The summed E-state index contributed by atoms with van der Waals surface area (Å²) in [6, 6.07) is 18.2. The minimum Gasteiger partial charge on any atom is -0.339 e. The number of rotatable bonds is 7. The lowest BCUT2D eigenvalue weighted by molar-refractivity contribution is 0.101. The maximum Gasteiger partial charge on any atom is 0.274 e. The SMILES string of the molecule is O=C(Nc1nc([C@H]2CCN(Cc3ccccc3)C2)cs1)c1cccn1Cc1ccncc1. The van der Waals surface area contributed by atoms with E-state index in [0.717, 1.165) is 37.3 Å². The molecule has 7 heteroatoms. The van der Waals surface area contributed by atoms with E-state index in [2.05, 4.69) is 50.9 Å². The molecule has 1 aliphatic heterocycles. The first kappa shape index (κ1) is 20.6. The zero-order chi connectivity index (χ0) is 21.8. The number of hydrogen-bond donors (Lipinski definition) is 1. The molecule has 5 rings (SSSR count). The van der Waals surface area contributed by atoms with Crippen molar-refractivity contribution in [2.75, 3.05) is 18.4 Å². The predicted octanol–water partition coefficient (Wildman–Crippen LogP) is 4.63. The second-order valence-electron chi connectivity index (χ2n) is 8.11. The van der Waals surface area contributed by atoms with Crippen molar-refractivity contribution in [1.82, 2.24) is 19.4 Å². The first-order valence-corrected chi connectivity index (χ1v) is 11.7. The zero-order valence-electron chi connectivity index (χ0n) is 17.7. The Hall–Kier alpha value is -3.29. The van der Waals surface area contributed by atoms with Gasteiger partial charge in [0, 0.05) is 49.5 Å². The molecule has 3 aromatic heterocycles. The first-order valence-electron chi connectivity index (χ1n) is 10.8. The molecule has 32 heavy (non-hydrogen) atoms. The number of carbonyl (C=O) groups is 1. The number of likely N-dealkylation sites (tertiary alicyclic amines) is 1. The summed E-state index contributed by atoms with van der Waals surface area (Å²) in [5.41, 5.74) is 4.14. The number of nitrogens with zero attached hydrogens (tertiary/aromatic N) is 4. The van der Waals surface area contributed by atoms with Gasteiger partial charge >= 0.3 is 0 Å². The third-order valence-electron chi connectivity index (χ3n) is 5.85. The van der Waals surface area contributed by atoms with Crippen LogP contribution >= 0.6 is 11.3 Å². The molecule has 1 atom stereocenters. The molecule has 0 aliphatic carbocycles. The Morgan fingerprint density at radius 2 is 1.84 bits per heavy atom. The third kappa shape index (κ3) is 4.79. The van der Waals surface area contributed by atoms with Crippen LogP contribution in [0, 0.1) is 0 Å². The van der Waals surface area contributed by atoms with Gasteiger partial charge in [-0.25, -0.2) is 4.98 Å². The molecule has 0 spiro atoms. The van der Waals surface area contributed by atoms with E-state index >= 15 is 0 Å². The number of pyridine rings is 1. The molecule has 0 saturated carbocycles. The average Bonchev–Trinajstić information content (AvgIpc) is 3.56. The van der Waals surface area contributed by atoms with E-state index in [1.165, 1.54) is 16.9 Å². The highest BCUT2D eigenvalue weighted by Gasteiger charge is 2.26. The van der Waals surface area contributed by atoms with E-state index < -0.39 is 0 Å². The fourth-order valence-corrected chi connectivity index (χ4v) is 4.98. The van der Waals surface area contributed by atoms with E-state index in [1.54, 1.807) is 12.4 Å². The molecule has 1 amide bonds. The van der Waals surface area contributed by atoms with Crippen LogP contribution < -0.4 is 5.32 Å². The smallest absolute Gasteiger partial charge is 0.274 e. The summed E-state index contributed by atoms with van der Waals surface area (Å²) in [6.07, 6.45) is 6.54. The van der Waals surface area contributed by atoms with Gasteiger partial charge in [-0.05, 0) is 48.4 Å². The summed E-state index contributed by atoms with van der Waals surface area (Å²) in [5, 5.41) is 5.73. The van der Waals surface area contributed by atoms with Gasteiger partial charge in [-0.15, -0.1) is 11.3 Å². The largest absolute Gasteiger partial charge is 0.339 e. The van der Waals surface area contributed by atoms with Crippen molar-refractivity contribution in [2.24, 2.45) is 0 Å². The van der Waals surface area contributed by atoms with Gasteiger partial charge in [-0.2, -0.15) is 0 Å². The maximum absolute atomic E-state index is 12.9. The maximum atomic E-state index is 12.9. The molecule has 0 radical (unpaired) electrons. The Bertz CT molecular complexity index is 1170. The van der Waals surface area contributed by atoms with Crippen LogP contribution in [0.3, 0.4) is 0 Å². The number of amides is 1. The Kier molecular flexibility index (Phi) is 6.09. The van der Waals surface area contributed by atoms with Crippen LogP contribution in [-0.4, -0.2) is 38.4 Å². The van der Waals surface area contributed by atoms with Gasteiger partial charge in [-0.3, -0.25) is 20.0 Å². The van der Waals surface area contributed by atoms with E-state index in [9.17, 15) is 4.79 Å². The van der Waals surface area contributed by atoms with Crippen LogP contribution in [0.1, 0.15) is 39.6 Å². The van der Waals surface area contributed by atoms with Crippen molar-refractivity contribution >= 4 is 22.4 Å². The normalized spacial score (nSPS) is 16.3.